The van der Waals surface area contributed by atoms with Crippen LogP contribution in [-0.4, -0.2) is 24.8 Å². The molecule has 0 aliphatic carbocycles. The fourth-order valence-corrected chi connectivity index (χ4v) is 4.50. The fraction of sp³-hybridized carbons (Fsp3) is 0.190. The van der Waals surface area contributed by atoms with Crippen LogP contribution in [0.25, 0.3) is 10.8 Å². The van der Waals surface area contributed by atoms with Gasteiger partial charge in [-0.05, 0) is 64.9 Å². The summed E-state index contributed by atoms with van der Waals surface area (Å²) >= 11 is 10.9. The maximum Gasteiger partial charge on any atom is 0.177 e. The van der Waals surface area contributed by atoms with Gasteiger partial charge in [0.2, 0.25) is 0 Å². The number of halogens is 3. The Labute approximate surface area is 183 Å². The topological polar surface area (TPSA) is 35.5 Å². The summed E-state index contributed by atoms with van der Waals surface area (Å²) in [5.41, 5.74) is 1.63. The third-order valence-corrected chi connectivity index (χ3v) is 7.70. The van der Waals surface area contributed by atoms with Crippen LogP contribution in [0, 0.1) is 0 Å². The van der Waals surface area contributed by atoms with E-state index in [1.807, 2.05) is 24.3 Å². The molecule has 3 aromatic carbocycles. The average Bonchev–Trinajstić information content (AvgIpc) is 2.71. The summed E-state index contributed by atoms with van der Waals surface area (Å²) in [5.74, 6) is 1.53. The molecule has 6 heteroatoms. The summed E-state index contributed by atoms with van der Waals surface area (Å²) < 4.78 is 11.4. The van der Waals surface area contributed by atoms with E-state index in [1.54, 1.807) is 38.5 Å². The van der Waals surface area contributed by atoms with Gasteiger partial charge in [-0.2, -0.15) is 0 Å². The van der Waals surface area contributed by atoms with E-state index in [0.717, 1.165) is 32.3 Å². The Balaban J connectivity index is 1.89. The van der Waals surface area contributed by atoms with Crippen molar-refractivity contribution >= 4 is 64.3 Å². The van der Waals surface area contributed by atoms with Crippen LogP contribution in [0.5, 0.6) is 11.5 Å². The van der Waals surface area contributed by atoms with Crippen molar-refractivity contribution in [2.75, 3.05) is 14.2 Å². The van der Waals surface area contributed by atoms with Gasteiger partial charge in [-0.1, -0.05) is 53.9 Å². The van der Waals surface area contributed by atoms with Gasteiger partial charge >= 0.3 is 0 Å². The zero-order valence-corrected chi connectivity index (χ0v) is 19.5. The zero-order chi connectivity index (χ0) is 19.6. The molecule has 0 aliphatic heterocycles. The number of methoxy groups -OCH3 is 2. The van der Waals surface area contributed by atoms with E-state index in [0.29, 0.717) is 5.56 Å². The highest BCUT2D eigenvalue weighted by Gasteiger charge is 2.26. The quantitative estimate of drug-likeness (QED) is 0.250. The van der Waals surface area contributed by atoms with Crippen LogP contribution in [0.4, 0.5) is 0 Å². The Bertz CT molecular complexity index is 970. The average molecular weight is 557 g/mol. The van der Waals surface area contributed by atoms with Gasteiger partial charge in [0.25, 0.3) is 0 Å². The van der Waals surface area contributed by atoms with Gasteiger partial charge in [0.05, 0.1) is 23.9 Å². The second-order valence-electron chi connectivity index (χ2n) is 5.99. The van der Waals surface area contributed by atoms with Gasteiger partial charge < -0.3 is 9.47 Å². The molecule has 0 N–H and O–H groups in total. The van der Waals surface area contributed by atoms with Crippen LogP contribution in [0.3, 0.4) is 0 Å². The first-order chi connectivity index (χ1) is 12.9. The molecule has 0 aliphatic rings. The summed E-state index contributed by atoms with van der Waals surface area (Å²) in [4.78, 5) is 12.3. The van der Waals surface area contributed by atoms with Crippen molar-refractivity contribution in [1.29, 1.82) is 0 Å². The minimum atomic E-state index is -0.409. The Kier molecular flexibility index (Phi) is 6.61. The first kappa shape index (κ1) is 20.4. The predicted molar refractivity (Wildman–Crippen MR) is 120 cm³/mol. The van der Waals surface area contributed by atoms with Gasteiger partial charge in [0.15, 0.2) is 5.78 Å². The van der Waals surface area contributed by atoms with Gasteiger partial charge in [0, 0.05) is 10.0 Å². The summed E-state index contributed by atoms with van der Waals surface area (Å²) in [5, 5.41) is 2.13. The second kappa shape index (κ2) is 8.76. The number of ketones is 1. The highest BCUT2D eigenvalue weighted by molar-refractivity contribution is 9.12. The molecular weight excluding hydrogens is 540 g/mol. The molecule has 0 bridgehead atoms. The number of hydrogen-bond donors (Lipinski definition) is 0. The van der Waals surface area contributed by atoms with E-state index >= 15 is 0 Å². The first-order valence-electron chi connectivity index (χ1n) is 8.18. The molecule has 3 rings (SSSR count). The number of rotatable bonds is 6. The molecule has 3 nitrogen and oxygen atoms in total. The molecule has 0 radical (unpaired) electrons. The van der Waals surface area contributed by atoms with E-state index in [9.17, 15) is 4.79 Å². The summed E-state index contributed by atoms with van der Waals surface area (Å²) in [6, 6.07) is 17.2. The highest BCUT2D eigenvalue weighted by Crippen LogP contribution is 2.38. The lowest BCUT2D eigenvalue weighted by molar-refractivity contribution is 0.0991. The Morgan fingerprint density at radius 2 is 1.52 bits per heavy atom. The van der Waals surface area contributed by atoms with Crippen molar-refractivity contribution < 1.29 is 14.3 Å². The van der Waals surface area contributed by atoms with Gasteiger partial charge in [-0.15, -0.1) is 0 Å². The number of carbonyl (C=O) groups is 1. The molecule has 0 heterocycles. The van der Waals surface area contributed by atoms with Gasteiger partial charge in [-0.3, -0.25) is 4.79 Å². The molecule has 0 aromatic heterocycles. The maximum absolute atomic E-state index is 12.8. The lowest BCUT2D eigenvalue weighted by Gasteiger charge is -2.18. The molecule has 0 spiro atoms. The Hall–Kier alpha value is -1.37. The molecule has 2 atom stereocenters. The van der Waals surface area contributed by atoms with E-state index in [4.69, 9.17) is 9.47 Å². The number of alkyl halides is 2. The lowest BCUT2D eigenvalue weighted by Crippen LogP contribution is -2.19. The van der Waals surface area contributed by atoms with Crippen molar-refractivity contribution in [3.8, 4) is 11.5 Å². The summed E-state index contributed by atoms with van der Waals surface area (Å²) in [7, 11) is 3.25. The van der Waals surface area contributed by atoms with Crippen LogP contribution in [0.1, 0.15) is 20.7 Å². The predicted octanol–water partition coefficient (Wildman–Crippen LogP) is 6.70. The largest absolute Gasteiger partial charge is 0.497 e. The third-order valence-electron chi connectivity index (χ3n) is 4.33. The lowest BCUT2D eigenvalue weighted by atomic mass is 10.00. The van der Waals surface area contributed by atoms with Crippen molar-refractivity contribution in [2.24, 2.45) is 0 Å². The number of carbonyl (C=O) groups excluding carboxylic acids is 1. The zero-order valence-electron chi connectivity index (χ0n) is 14.7. The normalized spacial score (nSPS) is 13.2. The summed E-state index contributed by atoms with van der Waals surface area (Å²) in [6.07, 6.45) is 0. The molecule has 0 amide bonds. The molecule has 3 aromatic rings. The van der Waals surface area contributed by atoms with E-state index < -0.39 is 4.83 Å². The molecule has 140 valence electrons. The van der Waals surface area contributed by atoms with Crippen LogP contribution < -0.4 is 9.47 Å². The standard InChI is InChI=1S/C21H17Br3O3/c1-26-15-6-3-12(4-7-15)21(25)20(24)19(23)14-9-13-5-8-16(27-2)11-17(13)18(22)10-14/h3-11,19-20H,1-2H3. The number of benzene rings is 3. The molecule has 0 saturated heterocycles. The molecular formula is C21H17Br3O3. The molecule has 0 saturated carbocycles. The Morgan fingerprint density at radius 1 is 0.889 bits per heavy atom. The highest BCUT2D eigenvalue weighted by atomic mass is 79.9. The van der Waals surface area contributed by atoms with Crippen molar-refractivity contribution in [3.63, 3.8) is 0 Å². The minimum absolute atomic E-state index is 0.00507. The fourth-order valence-electron chi connectivity index (χ4n) is 2.82. The first-order valence-corrected chi connectivity index (χ1v) is 10.8. The minimum Gasteiger partial charge on any atom is -0.497 e. The van der Waals surface area contributed by atoms with E-state index in [1.165, 1.54) is 0 Å². The monoisotopic (exact) mass is 554 g/mol. The van der Waals surface area contributed by atoms with Crippen LogP contribution in [0.2, 0.25) is 0 Å². The summed E-state index contributed by atoms with van der Waals surface area (Å²) in [6.45, 7) is 0. The Morgan fingerprint density at radius 3 is 2.15 bits per heavy atom. The number of ether oxygens (including phenoxy) is 2. The SMILES string of the molecule is COc1ccc(C(=O)C(Br)C(Br)c2cc(Br)c3cc(OC)ccc3c2)cc1. The third kappa shape index (κ3) is 4.39. The van der Waals surface area contributed by atoms with Crippen LogP contribution in [0.15, 0.2) is 59.1 Å². The second-order valence-corrected chi connectivity index (χ2v) is 8.81. The van der Waals surface area contributed by atoms with Crippen molar-refractivity contribution in [1.82, 2.24) is 0 Å². The number of Topliss-reactive ketones (excluding diaryl/α,β-unsaturated/α-hetero) is 1. The molecule has 27 heavy (non-hydrogen) atoms. The molecule has 0 fully saturated rings. The smallest absolute Gasteiger partial charge is 0.177 e. The van der Waals surface area contributed by atoms with Crippen molar-refractivity contribution in [3.05, 3.63) is 70.2 Å². The van der Waals surface area contributed by atoms with E-state index in [2.05, 4.69) is 53.9 Å². The maximum atomic E-state index is 12.8. The molecule has 2 unspecified atom stereocenters. The van der Waals surface area contributed by atoms with Gasteiger partial charge in [-0.25, -0.2) is 0 Å². The number of fused-ring (bicyclic) bond motifs is 1. The van der Waals surface area contributed by atoms with Crippen LogP contribution >= 0.6 is 47.8 Å². The van der Waals surface area contributed by atoms with Crippen LogP contribution in [-0.2, 0) is 0 Å². The van der Waals surface area contributed by atoms with E-state index in [-0.39, 0.29) is 10.6 Å². The van der Waals surface area contributed by atoms with Crippen molar-refractivity contribution in [2.45, 2.75) is 9.65 Å². The number of hydrogen-bond acceptors (Lipinski definition) is 3. The van der Waals surface area contributed by atoms with Gasteiger partial charge in [0.1, 0.15) is 11.5 Å².